The third-order valence-electron chi connectivity index (χ3n) is 2.73. The first kappa shape index (κ1) is 11.7. The highest BCUT2D eigenvalue weighted by molar-refractivity contribution is 7.15. The monoisotopic (exact) mass is 274 g/mol. The number of aromatic nitrogens is 3. The molecule has 0 aromatic carbocycles. The fourth-order valence-corrected chi connectivity index (χ4v) is 2.72. The number of alkyl halides is 3. The summed E-state index contributed by atoms with van der Waals surface area (Å²) in [4.78, 5) is 8.13. The van der Waals surface area contributed by atoms with E-state index < -0.39 is 11.2 Å². The molecule has 0 atom stereocenters. The van der Waals surface area contributed by atoms with Crippen LogP contribution in [0, 0.1) is 0 Å². The Bertz CT molecular complexity index is 572. The van der Waals surface area contributed by atoms with Crippen LogP contribution in [0.3, 0.4) is 0 Å². The molecule has 0 radical (unpaired) electrons. The predicted molar refractivity (Wildman–Crippen MR) is 60.0 cm³/mol. The molecule has 0 aliphatic carbocycles. The fourth-order valence-electron chi connectivity index (χ4n) is 1.92. The number of nitrogens with one attached hydrogen (secondary N) is 1. The summed E-state index contributed by atoms with van der Waals surface area (Å²) in [6.45, 7) is 2.15. The maximum Gasteiger partial charge on any atom is 0.443 e. The van der Waals surface area contributed by atoms with Crippen molar-refractivity contribution in [3.63, 3.8) is 0 Å². The maximum atomic E-state index is 12.5. The van der Waals surface area contributed by atoms with E-state index >= 15 is 0 Å². The molecule has 0 fully saturated rings. The van der Waals surface area contributed by atoms with Crippen LogP contribution in [0.2, 0.25) is 0 Å². The summed E-state index contributed by atoms with van der Waals surface area (Å²) in [5.41, 5.74) is 0.708. The van der Waals surface area contributed by atoms with Gasteiger partial charge < -0.3 is 9.88 Å². The summed E-state index contributed by atoms with van der Waals surface area (Å²) in [7, 11) is 0. The van der Waals surface area contributed by atoms with Gasteiger partial charge in [-0.25, -0.2) is 9.97 Å². The third kappa shape index (κ3) is 1.91. The first-order valence-corrected chi connectivity index (χ1v) is 6.16. The number of imidazole rings is 1. The number of rotatable bonds is 1. The van der Waals surface area contributed by atoms with E-state index in [2.05, 4.69) is 15.3 Å². The summed E-state index contributed by atoms with van der Waals surface area (Å²) in [6, 6.07) is 0. The minimum atomic E-state index is -4.38. The van der Waals surface area contributed by atoms with Crippen molar-refractivity contribution in [3.05, 3.63) is 23.2 Å². The molecule has 1 N–H and O–H groups in total. The van der Waals surface area contributed by atoms with E-state index in [0.29, 0.717) is 35.0 Å². The van der Waals surface area contributed by atoms with E-state index in [-0.39, 0.29) is 0 Å². The van der Waals surface area contributed by atoms with Crippen molar-refractivity contribution in [2.45, 2.75) is 19.3 Å². The van der Waals surface area contributed by atoms with E-state index in [1.807, 2.05) is 4.57 Å². The summed E-state index contributed by atoms with van der Waals surface area (Å²) < 4.78 is 39.4. The average Bonchev–Trinajstić information content (AvgIpc) is 2.94. The number of halogens is 3. The van der Waals surface area contributed by atoms with Gasteiger partial charge in [0.05, 0.1) is 23.3 Å². The van der Waals surface area contributed by atoms with Crippen LogP contribution in [0.5, 0.6) is 0 Å². The number of fused-ring (bicyclic) bond motifs is 1. The van der Waals surface area contributed by atoms with Gasteiger partial charge >= 0.3 is 6.18 Å². The quantitative estimate of drug-likeness (QED) is 0.866. The van der Waals surface area contributed by atoms with Gasteiger partial charge in [0.15, 0.2) is 5.01 Å². The molecule has 3 heterocycles. The molecule has 96 valence electrons. The second-order valence-corrected chi connectivity index (χ2v) is 4.95. The molecular weight excluding hydrogens is 265 g/mol. The van der Waals surface area contributed by atoms with Gasteiger partial charge in [-0.05, 0) is 0 Å². The predicted octanol–water partition coefficient (Wildman–Crippen LogP) is 2.13. The zero-order valence-corrected chi connectivity index (χ0v) is 9.98. The molecule has 1 aliphatic rings. The number of nitrogens with zero attached hydrogens (tertiary/aromatic N) is 3. The molecule has 2 aromatic heterocycles. The van der Waals surface area contributed by atoms with E-state index in [0.717, 1.165) is 12.4 Å². The van der Waals surface area contributed by atoms with Crippen molar-refractivity contribution in [2.75, 3.05) is 6.54 Å². The van der Waals surface area contributed by atoms with Crippen LogP contribution in [-0.2, 0) is 19.3 Å². The van der Waals surface area contributed by atoms with E-state index in [9.17, 15) is 13.2 Å². The summed E-state index contributed by atoms with van der Waals surface area (Å²) in [5.74, 6) is 0.846. The maximum absolute atomic E-state index is 12.5. The van der Waals surface area contributed by atoms with Gasteiger partial charge in [0.1, 0.15) is 5.82 Å². The Morgan fingerprint density at radius 3 is 2.83 bits per heavy atom. The third-order valence-corrected chi connectivity index (χ3v) is 3.80. The molecule has 4 nitrogen and oxygen atoms in total. The molecule has 0 amide bonds. The minimum Gasteiger partial charge on any atom is -0.325 e. The van der Waals surface area contributed by atoms with Crippen molar-refractivity contribution >= 4 is 11.3 Å². The zero-order valence-electron chi connectivity index (χ0n) is 9.16. The Hall–Kier alpha value is -1.41. The highest BCUT2D eigenvalue weighted by atomic mass is 32.1. The molecular formula is C10H9F3N4S. The van der Waals surface area contributed by atoms with Gasteiger partial charge in [0, 0.05) is 19.3 Å². The van der Waals surface area contributed by atoms with Crippen LogP contribution in [0.25, 0.3) is 10.6 Å². The molecule has 0 saturated carbocycles. The van der Waals surface area contributed by atoms with Crippen LogP contribution in [0.15, 0.2) is 12.4 Å². The van der Waals surface area contributed by atoms with Gasteiger partial charge in [0.25, 0.3) is 0 Å². The highest BCUT2D eigenvalue weighted by Gasteiger charge is 2.35. The van der Waals surface area contributed by atoms with Crippen molar-refractivity contribution in [1.29, 1.82) is 0 Å². The molecule has 0 bridgehead atoms. The van der Waals surface area contributed by atoms with Crippen molar-refractivity contribution in [1.82, 2.24) is 19.9 Å². The number of hydrogen-bond acceptors (Lipinski definition) is 4. The zero-order chi connectivity index (χ0) is 12.8. The van der Waals surface area contributed by atoms with Gasteiger partial charge in [-0.15, -0.1) is 11.3 Å². The van der Waals surface area contributed by atoms with Gasteiger partial charge in [-0.2, -0.15) is 13.2 Å². The molecule has 18 heavy (non-hydrogen) atoms. The largest absolute Gasteiger partial charge is 0.443 e. The first-order valence-electron chi connectivity index (χ1n) is 5.34. The standard InChI is InChI=1S/C10H9F3N4S/c11-10(12,13)9-16-4-7(18-9)6-3-15-8-5-14-1-2-17(6)8/h3-4,14H,1-2,5H2. The number of thiazole rings is 1. The number of hydrogen-bond donors (Lipinski definition) is 1. The Balaban J connectivity index is 2.00. The molecule has 2 aromatic rings. The second-order valence-electron chi connectivity index (χ2n) is 3.92. The summed E-state index contributed by atoms with van der Waals surface area (Å²) in [6.07, 6.45) is -1.51. The fraction of sp³-hybridized carbons (Fsp3) is 0.400. The van der Waals surface area contributed by atoms with Crippen molar-refractivity contribution in [2.24, 2.45) is 0 Å². The first-order chi connectivity index (χ1) is 8.55. The summed E-state index contributed by atoms with van der Waals surface area (Å²) in [5, 5.41) is 2.34. The average molecular weight is 274 g/mol. The Labute approximate surface area is 104 Å². The minimum absolute atomic E-state index is 0.503. The van der Waals surface area contributed by atoms with Crippen molar-refractivity contribution < 1.29 is 13.2 Å². The highest BCUT2D eigenvalue weighted by Crippen LogP contribution is 2.36. The SMILES string of the molecule is FC(F)(F)c1ncc(-c2cnc3n2CCNC3)s1. The Morgan fingerprint density at radius 1 is 1.28 bits per heavy atom. The van der Waals surface area contributed by atoms with Gasteiger partial charge in [-0.1, -0.05) is 0 Å². The van der Waals surface area contributed by atoms with E-state index in [4.69, 9.17) is 0 Å². The molecule has 0 spiro atoms. The van der Waals surface area contributed by atoms with Gasteiger partial charge in [0.2, 0.25) is 0 Å². The Kier molecular flexibility index (Phi) is 2.63. The van der Waals surface area contributed by atoms with Crippen LogP contribution >= 0.6 is 11.3 Å². The molecule has 0 saturated heterocycles. The molecule has 1 aliphatic heterocycles. The van der Waals surface area contributed by atoms with Crippen molar-refractivity contribution in [3.8, 4) is 10.6 Å². The van der Waals surface area contributed by atoms with Crippen LogP contribution in [0.4, 0.5) is 13.2 Å². The smallest absolute Gasteiger partial charge is 0.325 e. The Morgan fingerprint density at radius 2 is 2.11 bits per heavy atom. The van der Waals surface area contributed by atoms with E-state index in [1.165, 1.54) is 6.20 Å². The lowest BCUT2D eigenvalue weighted by Gasteiger charge is -2.16. The lowest BCUT2D eigenvalue weighted by atomic mass is 10.3. The topological polar surface area (TPSA) is 42.7 Å². The second kappa shape index (κ2) is 4.06. The summed E-state index contributed by atoms with van der Waals surface area (Å²) >= 11 is 0.653. The lowest BCUT2D eigenvalue weighted by molar-refractivity contribution is -0.137. The molecule has 3 rings (SSSR count). The van der Waals surface area contributed by atoms with Gasteiger partial charge in [-0.3, -0.25) is 0 Å². The van der Waals surface area contributed by atoms with Crippen LogP contribution in [-0.4, -0.2) is 21.1 Å². The van der Waals surface area contributed by atoms with E-state index in [1.54, 1.807) is 6.20 Å². The van der Waals surface area contributed by atoms with Crippen LogP contribution in [0.1, 0.15) is 10.8 Å². The van der Waals surface area contributed by atoms with Crippen LogP contribution < -0.4 is 5.32 Å². The molecule has 8 heteroatoms. The molecule has 0 unspecified atom stereocenters. The normalized spacial score (nSPS) is 15.7. The lowest BCUT2D eigenvalue weighted by Crippen LogP contribution is -2.28.